The van der Waals surface area contributed by atoms with Crippen molar-refractivity contribution in [3.05, 3.63) is 86.5 Å². The lowest BCUT2D eigenvalue weighted by molar-refractivity contribution is -0.115. The van der Waals surface area contributed by atoms with E-state index in [1.54, 1.807) is 27.5 Å². The predicted octanol–water partition coefficient (Wildman–Crippen LogP) is 5.60. The number of carbonyl (C=O) groups excluding carboxylic acids is 2. The normalized spacial score (nSPS) is 14.1. The molecule has 0 unspecified atom stereocenters. The van der Waals surface area contributed by atoms with Crippen LogP contribution in [0.15, 0.2) is 75.4 Å². The Morgan fingerprint density at radius 2 is 1.46 bits per heavy atom. The van der Waals surface area contributed by atoms with Gasteiger partial charge in [0.1, 0.15) is 32.3 Å². The molecule has 2 aromatic carbocycles. The van der Waals surface area contributed by atoms with Crippen LogP contribution in [0.2, 0.25) is 0 Å². The molecule has 0 aliphatic heterocycles. The summed E-state index contributed by atoms with van der Waals surface area (Å²) < 4.78 is 16.3. The molecule has 0 radical (unpaired) electrons. The summed E-state index contributed by atoms with van der Waals surface area (Å²) >= 11 is 17.9. The first-order valence-electron chi connectivity index (χ1n) is 10.6. The average Bonchev–Trinajstić information content (AvgIpc) is 2.89. The number of hydrogen-bond donors (Lipinski definition) is 0. The van der Waals surface area contributed by atoms with Gasteiger partial charge in [0.05, 0.1) is 21.3 Å². The average molecular weight is 537 g/mol. The van der Waals surface area contributed by atoms with E-state index in [-0.39, 0.29) is 20.7 Å². The third kappa shape index (κ3) is 6.20. The summed E-state index contributed by atoms with van der Waals surface area (Å²) in [6.45, 7) is 1.000. The molecule has 35 heavy (non-hydrogen) atoms. The molecule has 0 fully saturated rings. The largest absolute Gasteiger partial charge is 0.497 e. The van der Waals surface area contributed by atoms with Crippen molar-refractivity contribution >= 4 is 46.4 Å². The standard InChI is InChI=1S/C26H24Cl3NO5/c1-33-18-8-9-21(35-3)16(14-18)10-12-30(15-17-6-4-5-7-20(17)34-2)13-11-19-22(27)26(32)24(29)23(28)25(19)31/h4-9,11,13-14H,10,12,15H2,1-3H3/b13-11+. The Bertz CT molecular complexity index is 1220. The number of Topliss-reactive ketones (excluding diaryl/α,β-unsaturated/α-hetero) is 2. The number of methoxy groups -OCH3 is 3. The molecule has 3 rings (SSSR count). The van der Waals surface area contributed by atoms with E-state index < -0.39 is 11.6 Å². The molecule has 6 nitrogen and oxygen atoms in total. The minimum absolute atomic E-state index is 0.0185. The number of carbonyl (C=O) groups is 2. The molecular weight excluding hydrogens is 513 g/mol. The van der Waals surface area contributed by atoms with Crippen LogP contribution in [0.25, 0.3) is 0 Å². The highest BCUT2D eigenvalue weighted by atomic mass is 35.5. The molecule has 0 N–H and O–H groups in total. The predicted molar refractivity (Wildman–Crippen MR) is 137 cm³/mol. The van der Waals surface area contributed by atoms with E-state index in [0.717, 1.165) is 22.6 Å². The molecule has 0 heterocycles. The Labute approximate surface area is 219 Å². The van der Waals surface area contributed by atoms with E-state index >= 15 is 0 Å². The zero-order valence-electron chi connectivity index (χ0n) is 19.4. The second kappa shape index (κ2) is 12.2. The molecule has 184 valence electrons. The minimum Gasteiger partial charge on any atom is -0.497 e. The molecule has 2 aromatic rings. The number of rotatable bonds is 10. The second-order valence-corrected chi connectivity index (χ2v) is 8.67. The lowest BCUT2D eigenvalue weighted by Gasteiger charge is -2.23. The SMILES string of the molecule is COc1ccc(OC)c(CCN(/C=C/C2=C(Cl)C(=O)C(Cl)=C(Cl)C2=O)Cc2ccccc2OC)c1. The quantitative estimate of drug-likeness (QED) is 0.368. The summed E-state index contributed by atoms with van der Waals surface area (Å²) in [6.07, 6.45) is 3.78. The van der Waals surface area contributed by atoms with E-state index in [9.17, 15) is 9.59 Å². The van der Waals surface area contributed by atoms with Crippen LogP contribution in [0.5, 0.6) is 17.2 Å². The van der Waals surface area contributed by atoms with E-state index in [1.807, 2.05) is 47.4 Å². The first-order valence-corrected chi connectivity index (χ1v) is 11.7. The van der Waals surface area contributed by atoms with Gasteiger partial charge in [-0.25, -0.2) is 0 Å². The number of benzene rings is 2. The molecule has 0 saturated carbocycles. The Balaban J connectivity index is 1.92. The monoisotopic (exact) mass is 535 g/mol. The van der Waals surface area contributed by atoms with Crippen molar-refractivity contribution in [2.45, 2.75) is 13.0 Å². The Morgan fingerprint density at radius 3 is 2.14 bits per heavy atom. The number of para-hydroxylation sites is 1. The molecule has 0 aromatic heterocycles. The number of halogens is 3. The van der Waals surface area contributed by atoms with Gasteiger partial charge in [-0.2, -0.15) is 0 Å². The van der Waals surface area contributed by atoms with Gasteiger partial charge in [0.2, 0.25) is 11.6 Å². The maximum Gasteiger partial charge on any atom is 0.218 e. The first kappa shape index (κ1) is 26.7. The highest BCUT2D eigenvalue weighted by Gasteiger charge is 2.31. The van der Waals surface area contributed by atoms with Gasteiger partial charge in [-0.05, 0) is 42.3 Å². The van der Waals surface area contributed by atoms with Crippen LogP contribution in [0.1, 0.15) is 11.1 Å². The van der Waals surface area contributed by atoms with Crippen molar-refractivity contribution in [1.29, 1.82) is 0 Å². The van der Waals surface area contributed by atoms with Crippen LogP contribution in [0.3, 0.4) is 0 Å². The number of allylic oxidation sites excluding steroid dienone is 5. The second-order valence-electron chi connectivity index (χ2n) is 7.54. The van der Waals surface area contributed by atoms with Crippen molar-refractivity contribution in [1.82, 2.24) is 4.90 Å². The summed E-state index contributed by atoms with van der Waals surface area (Å²) in [6, 6.07) is 13.2. The number of ketones is 2. The lowest BCUT2D eigenvalue weighted by Crippen LogP contribution is -2.22. The Kier molecular flexibility index (Phi) is 9.26. The number of hydrogen-bond acceptors (Lipinski definition) is 6. The molecule has 0 atom stereocenters. The molecule has 1 aliphatic carbocycles. The van der Waals surface area contributed by atoms with Crippen LogP contribution >= 0.6 is 34.8 Å². The van der Waals surface area contributed by atoms with Crippen molar-refractivity contribution in [3.8, 4) is 17.2 Å². The molecule has 0 amide bonds. The number of nitrogens with zero attached hydrogens (tertiary/aromatic N) is 1. The fourth-order valence-corrected chi connectivity index (χ4v) is 4.22. The van der Waals surface area contributed by atoms with Gasteiger partial charge in [-0.3, -0.25) is 9.59 Å². The summed E-state index contributed by atoms with van der Waals surface area (Å²) in [5.41, 5.74) is 1.86. The zero-order valence-corrected chi connectivity index (χ0v) is 21.7. The molecule has 0 spiro atoms. The van der Waals surface area contributed by atoms with Crippen molar-refractivity contribution < 1.29 is 23.8 Å². The van der Waals surface area contributed by atoms with E-state index in [4.69, 9.17) is 49.0 Å². The van der Waals surface area contributed by atoms with Crippen molar-refractivity contribution in [2.75, 3.05) is 27.9 Å². The van der Waals surface area contributed by atoms with Crippen LogP contribution in [-0.2, 0) is 22.6 Å². The Hall–Kier alpha value is -2.93. The smallest absolute Gasteiger partial charge is 0.218 e. The first-order chi connectivity index (χ1) is 16.8. The third-order valence-electron chi connectivity index (χ3n) is 5.45. The van der Waals surface area contributed by atoms with E-state index in [2.05, 4.69) is 0 Å². The topological polar surface area (TPSA) is 65.1 Å². The maximum absolute atomic E-state index is 12.6. The van der Waals surface area contributed by atoms with Gasteiger partial charge in [0.15, 0.2) is 0 Å². The third-order valence-corrected chi connectivity index (χ3v) is 6.64. The highest BCUT2D eigenvalue weighted by Crippen LogP contribution is 2.32. The fourth-order valence-electron chi connectivity index (χ4n) is 3.56. The van der Waals surface area contributed by atoms with Gasteiger partial charge in [0.25, 0.3) is 0 Å². The van der Waals surface area contributed by atoms with Gasteiger partial charge in [-0.15, -0.1) is 0 Å². The molecular formula is C26H24Cl3NO5. The fraction of sp³-hybridized carbons (Fsp3) is 0.231. The van der Waals surface area contributed by atoms with Crippen molar-refractivity contribution in [3.63, 3.8) is 0 Å². The summed E-state index contributed by atoms with van der Waals surface area (Å²) in [4.78, 5) is 26.8. The number of ether oxygens (including phenoxy) is 3. The maximum atomic E-state index is 12.6. The molecule has 0 bridgehead atoms. The van der Waals surface area contributed by atoms with Crippen LogP contribution in [0, 0.1) is 0 Å². The summed E-state index contributed by atoms with van der Waals surface area (Å²) in [5, 5.41) is -1.000. The summed E-state index contributed by atoms with van der Waals surface area (Å²) in [7, 11) is 4.82. The molecule has 1 aliphatic rings. The van der Waals surface area contributed by atoms with E-state index in [0.29, 0.717) is 25.3 Å². The van der Waals surface area contributed by atoms with E-state index in [1.165, 1.54) is 6.08 Å². The van der Waals surface area contributed by atoms with Gasteiger partial charge in [-0.1, -0.05) is 53.0 Å². The molecule has 0 saturated heterocycles. The lowest BCUT2D eigenvalue weighted by atomic mass is 10.0. The van der Waals surface area contributed by atoms with Gasteiger partial charge in [0, 0.05) is 30.4 Å². The van der Waals surface area contributed by atoms with Gasteiger partial charge < -0.3 is 19.1 Å². The van der Waals surface area contributed by atoms with Crippen molar-refractivity contribution in [2.24, 2.45) is 0 Å². The van der Waals surface area contributed by atoms with Crippen LogP contribution in [-0.4, -0.2) is 44.3 Å². The van der Waals surface area contributed by atoms with Crippen LogP contribution < -0.4 is 14.2 Å². The van der Waals surface area contributed by atoms with Crippen LogP contribution in [0.4, 0.5) is 0 Å². The Morgan fingerprint density at radius 1 is 0.800 bits per heavy atom. The summed E-state index contributed by atoms with van der Waals surface area (Å²) in [5.74, 6) is 0.884. The highest BCUT2D eigenvalue weighted by molar-refractivity contribution is 6.64. The molecule has 9 heteroatoms. The van der Waals surface area contributed by atoms with Gasteiger partial charge >= 0.3 is 0 Å². The zero-order chi connectivity index (χ0) is 25.5. The minimum atomic E-state index is -0.685.